The maximum atomic E-state index is 13.0. The maximum Gasteiger partial charge on any atom is 0.231 e. The normalized spacial score (nSPS) is 16.4. The third-order valence-electron chi connectivity index (χ3n) is 4.13. The zero-order valence-corrected chi connectivity index (χ0v) is 13.8. The minimum Gasteiger partial charge on any atom is -0.383 e. The highest BCUT2D eigenvalue weighted by atomic mass is 32.1. The SMILES string of the molecule is COCCN(Cc1cccs1)C(=O)[C@@H]1CC(=O)c2ccccc21. The van der Waals surface area contributed by atoms with E-state index >= 15 is 0 Å². The first-order chi connectivity index (χ1) is 11.2. The van der Waals surface area contributed by atoms with Crippen LogP contribution >= 0.6 is 11.3 Å². The Morgan fingerprint density at radius 3 is 2.87 bits per heavy atom. The molecule has 0 fully saturated rings. The molecule has 0 saturated heterocycles. The quantitative estimate of drug-likeness (QED) is 0.818. The Hall–Kier alpha value is -1.98. The highest BCUT2D eigenvalue weighted by molar-refractivity contribution is 7.09. The fraction of sp³-hybridized carbons (Fsp3) is 0.333. The summed E-state index contributed by atoms with van der Waals surface area (Å²) in [5.41, 5.74) is 1.55. The van der Waals surface area contributed by atoms with E-state index in [4.69, 9.17) is 4.74 Å². The molecule has 1 aromatic carbocycles. The van der Waals surface area contributed by atoms with E-state index in [2.05, 4.69) is 0 Å². The summed E-state index contributed by atoms with van der Waals surface area (Å²) in [5, 5.41) is 2.00. The van der Waals surface area contributed by atoms with Crippen LogP contribution in [0.15, 0.2) is 41.8 Å². The van der Waals surface area contributed by atoms with Crippen LogP contribution in [-0.4, -0.2) is 36.9 Å². The molecule has 1 aliphatic rings. The molecule has 1 aromatic heterocycles. The largest absolute Gasteiger partial charge is 0.383 e. The van der Waals surface area contributed by atoms with E-state index in [0.717, 1.165) is 10.4 Å². The molecule has 120 valence electrons. The number of hydrogen-bond donors (Lipinski definition) is 0. The van der Waals surface area contributed by atoms with Crippen molar-refractivity contribution in [2.75, 3.05) is 20.3 Å². The summed E-state index contributed by atoms with van der Waals surface area (Å²) < 4.78 is 5.14. The Balaban J connectivity index is 1.82. The van der Waals surface area contributed by atoms with Crippen LogP contribution in [0.25, 0.3) is 0 Å². The lowest BCUT2D eigenvalue weighted by molar-refractivity contribution is -0.134. The van der Waals surface area contributed by atoms with Crippen molar-refractivity contribution in [3.8, 4) is 0 Å². The van der Waals surface area contributed by atoms with Gasteiger partial charge in [-0.3, -0.25) is 9.59 Å². The van der Waals surface area contributed by atoms with Gasteiger partial charge in [0, 0.05) is 30.5 Å². The lowest BCUT2D eigenvalue weighted by atomic mass is 10.00. The number of methoxy groups -OCH3 is 1. The molecule has 0 aliphatic heterocycles. The van der Waals surface area contributed by atoms with E-state index in [-0.39, 0.29) is 24.0 Å². The second-order valence-corrected chi connectivity index (χ2v) is 6.63. The lowest BCUT2D eigenvalue weighted by Gasteiger charge is -2.25. The van der Waals surface area contributed by atoms with E-state index < -0.39 is 0 Å². The molecule has 5 heteroatoms. The zero-order chi connectivity index (χ0) is 16.2. The van der Waals surface area contributed by atoms with Gasteiger partial charge in [-0.1, -0.05) is 30.3 Å². The van der Waals surface area contributed by atoms with Crippen molar-refractivity contribution in [2.45, 2.75) is 18.9 Å². The Bertz CT molecular complexity index is 696. The van der Waals surface area contributed by atoms with Gasteiger partial charge < -0.3 is 9.64 Å². The molecule has 0 unspecified atom stereocenters. The fourth-order valence-electron chi connectivity index (χ4n) is 2.96. The Labute approximate surface area is 139 Å². The van der Waals surface area contributed by atoms with Crippen LogP contribution in [0.4, 0.5) is 0 Å². The first-order valence-corrected chi connectivity index (χ1v) is 8.51. The van der Waals surface area contributed by atoms with Crippen molar-refractivity contribution in [2.24, 2.45) is 0 Å². The molecule has 4 nitrogen and oxygen atoms in total. The summed E-state index contributed by atoms with van der Waals surface area (Å²) in [7, 11) is 1.63. The second-order valence-electron chi connectivity index (χ2n) is 5.60. The molecule has 1 atom stereocenters. The number of ether oxygens (including phenoxy) is 1. The fourth-order valence-corrected chi connectivity index (χ4v) is 3.68. The molecule has 23 heavy (non-hydrogen) atoms. The predicted octanol–water partition coefficient (Wildman–Crippen LogP) is 3.09. The van der Waals surface area contributed by atoms with E-state index in [1.54, 1.807) is 23.3 Å². The van der Waals surface area contributed by atoms with Crippen LogP contribution in [0, 0.1) is 0 Å². The summed E-state index contributed by atoms with van der Waals surface area (Å²) in [6, 6.07) is 11.4. The van der Waals surface area contributed by atoms with Gasteiger partial charge in [-0.05, 0) is 17.0 Å². The molecule has 1 heterocycles. The predicted molar refractivity (Wildman–Crippen MR) is 89.7 cm³/mol. The zero-order valence-electron chi connectivity index (χ0n) is 13.0. The number of rotatable bonds is 6. The summed E-state index contributed by atoms with van der Waals surface area (Å²) in [6.45, 7) is 1.58. The molecule has 3 rings (SSSR count). The molecule has 0 saturated carbocycles. The van der Waals surface area contributed by atoms with E-state index in [1.165, 1.54) is 0 Å². The molecule has 0 N–H and O–H groups in total. The highest BCUT2D eigenvalue weighted by Gasteiger charge is 2.36. The van der Waals surface area contributed by atoms with Crippen LogP contribution in [0.1, 0.15) is 33.1 Å². The monoisotopic (exact) mass is 329 g/mol. The second kappa shape index (κ2) is 7.06. The van der Waals surface area contributed by atoms with Gasteiger partial charge in [0.1, 0.15) is 0 Å². The smallest absolute Gasteiger partial charge is 0.231 e. The number of nitrogens with zero attached hydrogens (tertiary/aromatic N) is 1. The third-order valence-corrected chi connectivity index (χ3v) is 4.99. The van der Waals surface area contributed by atoms with Crippen molar-refractivity contribution < 1.29 is 14.3 Å². The van der Waals surface area contributed by atoms with Crippen molar-refractivity contribution >= 4 is 23.0 Å². The van der Waals surface area contributed by atoms with Gasteiger partial charge in [0.15, 0.2) is 5.78 Å². The molecule has 0 radical (unpaired) electrons. The number of ketones is 1. The minimum absolute atomic E-state index is 0.00810. The van der Waals surface area contributed by atoms with Gasteiger partial charge in [-0.2, -0.15) is 0 Å². The standard InChI is InChI=1S/C18H19NO3S/c1-22-9-8-19(12-13-5-4-10-23-13)18(21)16-11-17(20)15-7-3-2-6-14(15)16/h2-7,10,16H,8-9,11-12H2,1H3/t16-/m1/s1. The molecular weight excluding hydrogens is 310 g/mol. The number of benzene rings is 1. The molecule has 2 aromatic rings. The minimum atomic E-state index is -0.365. The number of thiophene rings is 1. The van der Waals surface area contributed by atoms with Crippen molar-refractivity contribution in [3.63, 3.8) is 0 Å². The number of Topliss-reactive ketones (excluding diaryl/α,β-unsaturated/α-hetero) is 1. The van der Waals surface area contributed by atoms with Gasteiger partial charge in [0.2, 0.25) is 5.91 Å². The average Bonchev–Trinajstić information content (AvgIpc) is 3.19. The topological polar surface area (TPSA) is 46.6 Å². The maximum absolute atomic E-state index is 13.0. The van der Waals surface area contributed by atoms with Crippen LogP contribution in [0.5, 0.6) is 0 Å². The van der Waals surface area contributed by atoms with Crippen molar-refractivity contribution in [1.29, 1.82) is 0 Å². The summed E-state index contributed by atoms with van der Waals surface area (Å²) >= 11 is 1.63. The first kappa shape index (κ1) is 15.9. The van der Waals surface area contributed by atoms with Gasteiger partial charge in [-0.15, -0.1) is 11.3 Å². The number of carbonyl (C=O) groups excluding carboxylic acids is 2. The van der Waals surface area contributed by atoms with Crippen LogP contribution in [0.2, 0.25) is 0 Å². The van der Waals surface area contributed by atoms with Crippen LogP contribution in [-0.2, 0) is 16.1 Å². The van der Waals surface area contributed by atoms with Gasteiger partial charge in [-0.25, -0.2) is 0 Å². The molecule has 0 spiro atoms. The first-order valence-electron chi connectivity index (χ1n) is 7.63. The van der Waals surface area contributed by atoms with Gasteiger partial charge in [0.05, 0.1) is 19.1 Å². The van der Waals surface area contributed by atoms with Crippen LogP contribution in [0.3, 0.4) is 0 Å². The molecule has 0 bridgehead atoms. The van der Waals surface area contributed by atoms with Crippen molar-refractivity contribution in [3.05, 3.63) is 57.8 Å². The Kier molecular flexibility index (Phi) is 4.88. The van der Waals surface area contributed by atoms with Gasteiger partial charge >= 0.3 is 0 Å². The molecular formula is C18H19NO3S. The number of fused-ring (bicyclic) bond motifs is 1. The van der Waals surface area contributed by atoms with E-state index in [0.29, 0.717) is 25.3 Å². The molecule has 1 amide bonds. The van der Waals surface area contributed by atoms with Crippen LogP contribution < -0.4 is 0 Å². The highest BCUT2D eigenvalue weighted by Crippen LogP contribution is 2.34. The number of hydrogen-bond acceptors (Lipinski definition) is 4. The third kappa shape index (κ3) is 3.35. The number of carbonyl (C=O) groups is 2. The van der Waals surface area contributed by atoms with Crippen molar-refractivity contribution in [1.82, 2.24) is 4.90 Å². The lowest BCUT2D eigenvalue weighted by Crippen LogP contribution is -2.36. The Morgan fingerprint density at radius 2 is 2.13 bits per heavy atom. The summed E-state index contributed by atoms with van der Waals surface area (Å²) in [4.78, 5) is 28.1. The van der Waals surface area contributed by atoms with E-state index in [1.807, 2.05) is 41.8 Å². The average molecular weight is 329 g/mol. The molecule has 1 aliphatic carbocycles. The Morgan fingerprint density at radius 1 is 1.30 bits per heavy atom. The number of amides is 1. The van der Waals surface area contributed by atoms with E-state index in [9.17, 15) is 9.59 Å². The summed E-state index contributed by atoms with van der Waals surface area (Å²) in [6.07, 6.45) is 0.270. The van der Waals surface area contributed by atoms with Gasteiger partial charge in [0.25, 0.3) is 0 Å². The summed E-state index contributed by atoms with van der Waals surface area (Å²) in [5.74, 6) is -0.300.